The quantitative estimate of drug-likeness (QED) is 0.602. The standard InChI is InChI=1S/C20H18ClNO5/c1-2-14-5-3-4-6-16(14)22-18(23)11-25-19(24)8-7-13-9-15(21)20-17(10-13)26-12-27-20/h3-10H,2,11-12H2,1H3,(H,22,23)/b8-7+. The van der Waals surface area contributed by atoms with Crippen LogP contribution in [0.25, 0.3) is 6.08 Å². The zero-order valence-corrected chi connectivity index (χ0v) is 15.4. The van der Waals surface area contributed by atoms with Crippen molar-refractivity contribution in [2.45, 2.75) is 13.3 Å². The van der Waals surface area contributed by atoms with E-state index >= 15 is 0 Å². The second kappa shape index (κ2) is 8.60. The van der Waals surface area contributed by atoms with Crippen LogP contribution in [0.3, 0.4) is 0 Å². The summed E-state index contributed by atoms with van der Waals surface area (Å²) in [4.78, 5) is 23.8. The van der Waals surface area contributed by atoms with Crippen molar-refractivity contribution in [1.29, 1.82) is 0 Å². The van der Waals surface area contributed by atoms with E-state index in [2.05, 4.69) is 5.32 Å². The lowest BCUT2D eigenvalue weighted by Crippen LogP contribution is -2.20. The van der Waals surface area contributed by atoms with Crippen molar-refractivity contribution in [2.24, 2.45) is 0 Å². The van der Waals surface area contributed by atoms with Gasteiger partial charge in [-0.05, 0) is 41.8 Å². The molecule has 0 bridgehead atoms. The van der Waals surface area contributed by atoms with Gasteiger partial charge in [0.25, 0.3) is 5.91 Å². The number of carbonyl (C=O) groups is 2. The number of benzene rings is 2. The van der Waals surface area contributed by atoms with Gasteiger partial charge in [-0.15, -0.1) is 0 Å². The Morgan fingerprint density at radius 3 is 2.89 bits per heavy atom. The van der Waals surface area contributed by atoms with Crippen LogP contribution >= 0.6 is 11.6 Å². The maximum Gasteiger partial charge on any atom is 0.331 e. The number of esters is 1. The Labute approximate surface area is 161 Å². The molecule has 1 N–H and O–H groups in total. The number of nitrogens with one attached hydrogen (secondary N) is 1. The number of hydrogen-bond donors (Lipinski definition) is 1. The van der Waals surface area contributed by atoms with Crippen LogP contribution in [0, 0.1) is 0 Å². The van der Waals surface area contributed by atoms with Gasteiger partial charge in [0.1, 0.15) is 0 Å². The van der Waals surface area contributed by atoms with Gasteiger partial charge >= 0.3 is 5.97 Å². The van der Waals surface area contributed by atoms with Gasteiger partial charge in [0.15, 0.2) is 18.1 Å². The second-order valence-corrected chi connectivity index (χ2v) is 6.14. The molecule has 2 aromatic rings. The third-order valence-corrected chi connectivity index (χ3v) is 4.16. The van der Waals surface area contributed by atoms with Crippen LogP contribution < -0.4 is 14.8 Å². The Hall–Kier alpha value is -2.99. The van der Waals surface area contributed by atoms with E-state index in [1.54, 1.807) is 12.1 Å². The molecule has 1 amide bonds. The molecule has 0 spiro atoms. The minimum Gasteiger partial charge on any atom is -0.454 e. The second-order valence-electron chi connectivity index (χ2n) is 5.74. The van der Waals surface area contributed by atoms with Crippen molar-refractivity contribution < 1.29 is 23.8 Å². The number of rotatable bonds is 6. The fourth-order valence-corrected chi connectivity index (χ4v) is 2.84. The first kappa shape index (κ1) is 18.8. The third-order valence-electron chi connectivity index (χ3n) is 3.88. The molecule has 1 heterocycles. The summed E-state index contributed by atoms with van der Waals surface area (Å²) in [5.74, 6) is -0.0311. The first-order chi connectivity index (χ1) is 13.1. The molecule has 0 saturated carbocycles. The lowest BCUT2D eigenvalue weighted by molar-refractivity contribution is -0.142. The lowest BCUT2D eigenvalue weighted by Gasteiger charge is -2.09. The SMILES string of the molecule is CCc1ccccc1NC(=O)COC(=O)/C=C/c1cc(Cl)c2c(c1)OCO2. The van der Waals surface area contributed by atoms with E-state index < -0.39 is 11.9 Å². The summed E-state index contributed by atoms with van der Waals surface area (Å²) < 4.78 is 15.5. The lowest BCUT2D eigenvalue weighted by atomic mass is 10.1. The first-order valence-corrected chi connectivity index (χ1v) is 8.76. The van der Waals surface area contributed by atoms with Crippen LogP contribution in [0.2, 0.25) is 5.02 Å². The summed E-state index contributed by atoms with van der Waals surface area (Å²) in [7, 11) is 0. The average Bonchev–Trinajstić information content (AvgIpc) is 3.14. The number of para-hydroxylation sites is 1. The van der Waals surface area contributed by atoms with Gasteiger partial charge in [-0.3, -0.25) is 4.79 Å². The first-order valence-electron chi connectivity index (χ1n) is 8.38. The van der Waals surface area contributed by atoms with Crippen LogP contribution in [0.5, 0.6) is 11.5 Å². The van der Waals surface area contributed by atoms with Crippen molar-refractivity contribution in [3.05, 3.63) is 58.6 Å². The molecule has 0 aliphatic carbocycles. The van der Waals surface area contributed by atoms with Crippen LogP contribution in [-0.4, -0.2) is 25.3 Å². The Morgan fingerprint density at radius 2 is 2.07 bits per heavy atom. The Morgan fingerprint density at radius 1 is 1.26 bits per heavy atom. The molecule has 140 valence electrons. The van der Waals surface area contributed by atoms with E-state index in [4.69, 9.17) is 25.8 Å². The average molecular weight is 388 g/mol. The summed E-state index contributed by atoms with van der Waals surface area (Å²) in [6, 6.07) is 10.8. The van der Waals surface area contributed by atoms with E-state index in [0.29, 0.717) is 27.8 Å². The molecule has 0 aromatic heterocycles. The number of anilines is 1. The summed E-state index contributed by atoms with van der Waals surface area (Å²) in [6.45, 7) is 1.74. The molecule has 0 fully saturated rings. The molecule has 1 aliphatic heterocycles. The smallest absolute Gasteiger partial charge is 0.331 e. The minimum absolute atomic E-state index is 0.112. The fraction of sp³-hybridized carbons (Fsp3) is 0.200. The molecule has 0 saturated heterocycles. The van der Waals surface area contributed by atoms with E-state index in [1.807, 2.05) is 31.2 Å². The summed E-state index contributed by atoms with van der Waals surface area (Å²) >= 11 is 6.09. The van der Waals surface area contributed by atoms with E-state index in [-0.39, 0.29) is 13.4 Å². The van der Waals surface area contributed by atoms with Crippen LogP contribution in [0.15, 0.2) is 42.5 Å². The molecule has 0 unspecified atom stereocenters. The molecule has 2 aromatic carbocycles. The van der Waals surface area contributed by atoms with Crippen molar-refractivity contribution in [3.8, 4) is 11.5 Å². The number of fused-ring (bicyclic) bond motifs is 1. The fourth-order valence-electron chi connectivity index (χ4n) is 2.57. The molecule has 0 radical (unpaired) electrons. The Balaban J connectivity index is 1.53. The number of hydrogen-bond acceptors (Lipinski definition) is 5. The highest BCUT2D eigenvalue weighted by molar-refractivity contribution is 6.32. The highest BCUT2D eigenvalue weighted by Gasteiger charge is 2.17. The molecule has 3 rings (SSSR count). The van der Waals surface area contributed by atoms with Gasteiger partial charge in [-0.25, -0.2) is 4.79 Å². The molecule has 7 heteroatoms. The van der Waals surface area contributed by atoms with Gasteiger partial charge < -0.3 is 19.5 Å². The zero-order valence-electron chi connectivity index (χ0n) is 14.7. The summed E-state index contributed by atoms with van der Waals surface area (Å²) in [6.07, 6.45) is 3.54. The molecule has 1 aliphatic rings. The van der Waals surface area contributed by atoms with Gasteiger partial charge in [0.2, 0.25) is 6.79 Å². The van der Waals surface area contributed by atoms with Gasteiger partial charge in [0.05, 0.1) is 5.02 Å². The highest BCUT2D eigenvalue weighted by atomic mass is 35.5. The van der Waals surface area contributed by atoms with Crippen molar-refractivity contribution in [3.63, 3.8) is 0 Å². The van der Waals surface area contributed by atoms with Crippen molar-refractivity contribution in [1.82, 2.24) is 0 Å². The minimum atomic E-state index is -0.636. The van der Waals surface area contributed by atoms with E-state index in [9.17, 15) is 9.59 Å². The van der Waals surface area contributed by atoms with Crippen molar-refractivity contribution in [2.75, 3.05) is 18.7 Å². The maximum absolute atomic E-state index is 12.0. The van der Waals surface area contributed by atoms with Gasteiger partial charge in [0, 0.05) is 11.8 Å². The monoisotopic (exact) mass is 387 g/mol. The van der Waals surface area contributed by atoms with Gasteiger partial charge in [-0.1, -0.05) is 36.7 Å². The number of halogens is 1. The van der Waals surface area contributed by atoms with Crippen LogP contribution in [0.1, 0.15) is 18.1 Å². The molecular weight excluding hydrogens is 370 g/mol. The number of amides is 1. The highest BCUT2D eigenvalue weighted by Crippen LogP contribution is 2.40. The van der Waals surface area contributed by atoms with Crippen LogP contribution in [-0.2, 0) is 20.7 Å². The molecule has 0 atom stereocenters. The number of aryl methyl sites for hydroxylation is 1. The molecule has 6 nitrogen and oxygen atoms in total. The predicted molar refractivity (Wildman–Crippen MR) is 102 cm³/mol. The van der Waals surface area contributed by atoms with Crippen molar-refractivity contribution >= 4 is 35.2 Å². The van der Waals surface area contributed by atoms with E-state index in [0.717, 1.165) is 12.0 Å². The topological polar surface area (TPSA) is 73.9 Å². The summed E-state index contributed by atoms with van der Waals surface area (Å²) in [5, 5.41) is 3.13. The third kappa shape index (κ3) is 4.80. The predicted octanol–water partition coefficient (Wildman–Crippen LogP) is 3.83. The number of ether oxygens (including phenoxy) is 3. The Kier molecular flexibility index (Phi) is 5.98. The van der Waals surface area contributed by atoms with Gasteiger partial charge in [-0.2, -0.15) is 0 Å². The maximum atomic E-state index is 12.0. The van der Waals surface area contributed by atoms with Crippen LogP contribution in [0.4, 0.5) is 5.69 Å². The molecular formula is C20H18ClNO5. The summed E-state index contributed by atoms with van der Waals surface area (Å²) in [5.41, 5.74) is 2.38. The Bertz CT molecular complexity index is 894. The number of carbonyl (C=O) groups excluding carboxylic acids is 2. The normalized spacial score (nSPS) is 12.2. The zero-order chi connectivity index (χ0) is 19.2. The van der Waals surface area contributed by atoms with E-state index in [1.165, 1.54) is 12.2 Å². The largest absolute Gasteiger partial charge is 0.454 e. The molecule has 27 heavy (non-hydrogen) atoms.